The largest absolute Gasteiger partial charge is 0.496 e. The Bertz CT molecular complexity index is 1350. The summed E-state index contributed by atoms with van der Waals surface area (Å²) < 4.78 is 33.6. The number of carbonyl (C=O) groups is 1. The van der Waals surface area contributed by atoms with Crippen LogP contribution in [-0.2, 0) is 14.8 Å². The molecule has 0 aliphatic heterocycles. The van der Waals surface area contributed by atoms with Gasteiger partial charge in [-0.15, -0.1) is 0 Å². The van der Waals surface area contributed by atoms with Crippen molar-refractivity contribution in [1.82, 2.24) is 5.32 Å². The Labute approximate surface area is 223 Å². The highest BCUT2D eigenvalue weighted by Gasteiger charge is 2.29. The van der Waals surface area contributed by atoms with Crippen LogP contribution < -0.4 is 14.4 Å². The molecule has 36 heavy (non-hydrogen) atoms. The Hall–Kier alpha value is -2.74. The number of ether oxygens (including phenoxy) is 1. The lowest BCUT2D eigenvalue weighted by atomic mass is 9.93. The van der Waals surface area contributed by atoms with E-state index in [4.69, 9.17) is 27.9 Å². The van der Waals surface area contributed by atoms with Crippen LogP contribution in [0.25, 0.3) is 0 Å². The highest BCUT2D eigenvalue weighted by atomic mass is 35.5. The average Bonchev–Trinajstić information content (AvgIpc) is 2.84. The Morgan fingerprint density at radius 1 is 1.00 bits per heavy atom. The van der Waals surface area contributed by atoms with Crippen LogP contribution in [-0.4, -0.2) is 28.0 Å². The van der Waals surface area contributed by atoms with Gasteiger partial charge in [-0.2, -0.15) is 0 Å². The van der Waals surface area contributed by atoms with Crippen molar-refractivity contribution < 1.29 is 17.9 Å². The fraction of sp³-hybridized carbons (Fsp3) is 0.296. The number of hydrogen-bond donors (Lipinski definition) is 1. The molecule has 6 nitrogen and oxygen atoms in total. The topological polar surface area (TPSA) is 75.7 Å². The van der Waals surface area contributed by atoms with Crippen molar-refractivity contribution in [1.29, 1.82) is 0 Å². The maximum atomic E-state index is 13.6. The molecule has 0 bridgehead atoms. The molecular weight excluding hydrogens is 519 g/mol. The summed E-state index contributed by atoms with van der Waals surface area (Å²) in [6.07, 6.45) is 0. The molecule has 3 aromatic rings. The van der Waals surface area contributed by atoms with Gasteiger partial charge in [0, 0.05) is 5.02 Å². The van der Waals surface area contributed by atoms with Crippen molar-refractivity contribution in [3.05, 3.63) is 87.4 Å². The van der Waals surface area contributed by atoms with E-state index in [0.717, 1.165) is 26.7 Å². The monoisotopic (exact) mass is 548 g/mol. The first-order chi connectivity index (χ1) is 16.9. The van der Waals surface area contributed by atoms with Crippen molar-refractivity contribution in [2.24, 2.45) is 0 Å². The van der Waals surface area contributed by atoms with Gasteiger partial charge in [-0.3, -0.25) is 9.10 Å². The SMILES string of the molecule is COc1cc(C)c([C@H](C)NC(=O)CN(c2cc(Cl)ccc2Cl)S(=O)(=O)c2ccccc2)cc1C(C)C. The third-order valence-electron chi connectivity index (χ3n) is 5.88. The molecule has 0 aliphatic rings. The summed E-state index contributed by atoms with van der Waals surface area (Å²) in [7, 11) is -2.48. The summed E-state index contributed by atoms with van der Waals surface area (Å²) >= 11 is 12.5. The van der Waals surface area contributed by atoms with E-state index in [2.05, 4.69) is 19.2 Å². The zero-order valence-corrected chi connectivity index (χ0v) is 23.2. The van der Waals surface area contributed by atoms with Crippen molar-refractivity contribution >= 4 is 44.8 Å². The normalized spacial score (nSPS) is 12.3. The predicted molar refractivity (Wildman–Crippen MR) is 146 cm³/mol. The standard InChI is InChI=1S/C27H30Cl2N2O4S/c1-17(2)22-15-23(18(3)13-26(22)35-5)19(4)30-27(32)16-31(25-14-20(28)11-12-24(25)29)36(33,34)21-9-7-6-8-10-21/h6-15,17,19H,16H2,1-5H3,(H,30,32)/t19-/m0/s1. The number of rotatable bonds is 9. The van der Waals surface area contributed by atoms with E-state index in [-0.39, 0.29) is 27.6 Å². The zero-order valence-electron chi connectivity index (χ0n) is 20.9. The predicted octanol–water partition coefficient (Wildman–Crippen LogP) is 6.51. The van der Waals surface area contributed by atoms with Crippen molar-refractivity contribution in [3.8, 4) is 5.75 Å². The minimum atomic E-state index is -4.11. The fourth-order valence-electron chi connectivity index (χ4n) is 4.00. The van der Waals surface area contributed by atoms with Crippen LogP contribution in [0, 0.1) is 6.92 Å². The summed E-state index contributed by atoms with van der Waals surface area (Å²) in [6, 6.07) is 16.0. The number of benzene rings is 3. The van der Waals surface area contributed by atoms with Gasteiger partial charge >= 0.3 is 0 Å². The van der Waals surface area contributed by atoms with Crippen LogP contribution in [0.2, 0.25) is 10.0 Å². The van der Waals surface area contributed by atoms with E-state index >= 15 is 0 Å². The summed E-state index contributed by atoms with van der Waals surface area (Å²) in [6.45, 7) is 7.47. The van der Waals surface area contributed by atoms with Crippen LogP contribution in [0.4, 0.5) is 5.69 Å². The number of methoxy groups -OCH3 is 1. The first-order valence-corrected chi connectivity index (χ1v) is 13.7. The number of aryl methyl sites for hydroxylation is 1. The fourth-order valence-corrected chi connectivity index (χ4v) is 5.89. The van der Waals surface area contributed by atoms with Crippen LogP contribution in [0.1, 0.15) is 49.4 Å². The van der Waals surface area contributed by atoms with Gasteiger partial charge in [0.1, 0.15) is 12.3 Å². The minimum Gasteiger partial charge on any atom is -0.496 e. The van der Waals surface area contributed by atoms with Crippen LogP contribution in [0.3, 0.4) is 0 Å². The molecule has 0 unspecified atom stereocenters. The van der Waals surface area contributed by atoms with Gasteiger partial charge in [0.15, 0.2) is 0 Å². The quantitative estimate of drug-likeness (QED) is 0.330. The number of hydrogen-bond acceptors (Lipinski definition) is 4. The molecule has 3 aromatic carbocycles. The summed E-state index contributed by atoms with van der Waals surface area (Å²) in [5, 5.41) is 3.39. The van der Waals surface area contributed by atoms with E-state index in [1.165, 1.54) is 24.3 Å². The molecule has 9 heteroatoms. The van der Waals surface area contributed by atoms with Gasteiger partial charge in [0.25, 0.3) is 10.0 Å². The summed E-state index contributed by atoms with van der Waals surface area (Å²) in [5.74, 6) is 0.526. The highest BCUT2D eigenvalue weighted by Crippen LogP contribution is 2.34. The first-order valence-electron chi connectivity index (χ1n) is 11.5. The molecule has 1 N–H and O–H groups in total. The van der Waals surface area contributed by atoms with E-state index in [0.29, 0.717) is 5.02 Å². The molecule has 0 radical (unpaired) electrons. The lowest BCUT2D eigenvalue weighted by Crippen LogP contribution is -2.41. The molecule has 0 aliphatic carbocycles. The molecule has 0 saturated carbocycles. The number of anilines is 1. The second kappa shape index (κ2) is 11.5. The molecule has 192 valence electrons. The second-order valence-electron chi connectivity index (χ2n) is 8.82. The van der Waals surface area contributed by atoms with Gasteiger partial charge in [-0.25, -0.2) is 8.42 Å². The molecule has 0 spiro atoms. The Balaban J connectivity index is 1.95. The number of nitrogens with one attached hydrogen (secondary N) is 1. The molecule has 1 atom stereocenters. The lowest BCUT2D eigenvalue weighted by Gasteiger charge is -2.26. The Morgan fingerprint density at radius 2 is 1.67 bits per heavy atom. The maximum Gasteiger partial charge on any atom is 0.264 e. The first kappa shape index (κ1) is 27.8. The van der Waals surface area contributed by atoms with E-state index in [1.54, 1.807) is 31.4 Å². The van der Waals surface area contributed by atoms with Gasteiger partial charge in [-0.05, 0) is 78.9 Å². The van der Waals surface area contributed by atoms with Crippen LogP contribution in [0.5, 0.6) is 5.75 Å². The van der Waals surface area contributed by atoms with Gasteiger partial charge < -0.3 is 10.1 Å². The van der Waals surface area contributed by atoms with Crippen LogP contribution >= 0.6 is 23.2 Å². The highest BCUT2D eigenvalue weighted by molar-refractivity contribution is 7.92. The molecule has 1 amide bonds. The molecule has 0 aromatic heterocycles. The minimum absolute atomic E-state index is 0.0365. The number of amides is 1. The number of sulfonamides is 1. The van der Waals surface area contributed by atoms with E-state index < -0.39 is 22.5 Å². The Morgan fingerprint density at radius 3 is 2.28 bits per heavy atom. The number of carbonyl (C=O) groups excluding carboxylic acids is 1. The molecule has 0 heterocycles. The molecule has 0 saturated heterocycles. The Kier molecular flexibility index (Phi) is 8.93. The summed E-state index contributed by atoms with van der Waals surface area (Å²) in [4.78, 5) is 13.3. The lowest BCUT2D eigenvalue weighted by molar-refractivity contribution is -0.120. The van der Waals surface area contributed by atoms with Crippen LogP contribution in [0.15, 0.2) is 65.6 Å². The van der Waals surface area contributed by atoms with Crippen molar-refractivity contribution in [3.63, 3.8) is 0 Å². The van der Waals surface area contributed by atoms with E-state index in [9.17, 15) is 13.2 Å². The third-order valence-corrected chi connectivity index (χ3v) is 8.21. The average molecular weight is 550 g/mol. The van der Waals surface area contributed by atoms with Gasteiger partial charge in [-0.1, -0.05) is 55.2 Å². The van der Waals surface area contributed by atoms with Crippen molar-refractivity contribution in [2.45, 2.75) is 44.6 Å². The number of nitrogens with zero attached hydrogens (tertiary/aromatic N) is 1. The summed E-state index contributed by atoms with van der Waals surface area (Å²) in [5.41, 5.74) is 3.03. The smallest absolute Gasteiger partial charge is 0.264 e. The van der Waals surface area contributed by atoms with Crippen molar-refractivity contribution in [2.75, 3.05) is 18.0 Å². The van der Waals surface area contributed by atoms with E-state index in [1.807, 2.05) is 26.0 Å². The maximum absolute atomic E-state index is 13.6. The van der Waals surface area contributed by atoms with Gasteiger partial charge in [0.05, 0.1) is 28.8 Å². The molecular formula is C27H30Cl2N2O4S. The third kappa shape index (κ3) is 6.14. The molecule has 3 rings (SSSR count). The number of halogens is 2. The second-order valence-corrected chi connectivity index (χ2v) is 11.5. The van der Waals surface area contributed by atoms with Gasteiger partial charge in [0.2, 0.25) is 5.91 Å². The zero-order chi connectivity index (χ0) is 26.6. The molecule has 0 fully saturated rings.